The van der Waals surface area contributed by atoms with Gasteiger partial charge in [0.1, 0.15) is 0 Å². The molecule has 0 radical (unpaired) electrons. The van der Waals surface area contributed by atoms with Gasteiger partial charge in [-0.2, -0.15) is 0 Å². The molecule has 0 aromatic rings. The Morgan fingerprint density at radius 2 is 0.575 bits per heavy atom. The van der Waals surface area contributed by atoms with E-state index >= 15 is 0 Å². The fourth-order valence-electron chi connectivity index (χ4n) is 12.6. The number of hydrogen-bond acceptors (Lipinski definition) is 5. The molecule has 0 fully saturated rings. The lowest BCUT2D eigenvalue weighted by molar-refractivity contribution is -0.143. The van der Waals surface area contributed by atoms with E-state index in [9.17, 15) is 19.8 Å². The van der Waals surface area contributed by atoms with E-state index in [1.165, 1.54) is 366 Å². The third kappa shape index (κ3) is 73.0. The van der Waals surface area contributed by atoms with E-state index in [0.29, 0.717) is 19.4 Å². The van der Waals surface area contributed by atoms with Gasteiger partial charge in [-0.3, -0.25) is 9.59 Å². The van der Waals surface area contributed by atoms with Crippen molar-refractivity contribution in [1.82, 2.24) is 5.32 Å². The molecule has 2 atom stereocenters. The second-order valence-electron chi connectivity index (χ2n) is 27.4. The van der Waals surface area contributed by atoms with Crippen molar-refractivity contribution >= 4 is 11.9 Å². The number of hydrogen-bond donors (Lipinski definition) is 3. The highest BCUT2D eigenvalue weighted by molar-refractivity contribution is 5.76. The maximum Gasteiger partial charge on any atom is 0.305 e. The monoisotopic (exact) mass is 1220 g/mol. The highest BCUT2D eigenvalue weighted by Gasteiger charge is 2.18. The fraction of sp³-hybridized carbons (Fsp3) is 0.901. The van der Waals surface area contributed by atoms with Gasteiger partial charge in [0.25, 0.3) is 0 Å². The Morgan fingerprint density at radius 1 is 0.322 bits per heavy atom. The second-order valence-corrected chi connectivity index (χ2v) is 27.4. The Morgan fingerprint density at radius 3 is 0.897 bits per heavy atom. The quantitative estimate of drug-likeness (QED) is 0.0320. The lowest BCUT2D eigenvalue weighted by atomic mass is 10.0. The standard InChI is InChI=1S/C81H155NO5/c1-3-5-7-9-11-13-15-17-19-20-21-22-33-36-39-42-46-49-53-57-61-65-69-73-79(84)78(77-83)82-80(85)74-70-66-62-58-54-50-47-43-40-37-34-31-29-27-25-23-24-26-28-30-32-35-38-41-44-48-52-56-60-64-68-72-76-87-81(86)75-71-67-63-59-55-51-45-18-16-14-12-10-8-6-4-2/h12,14,18,45,69,73,78-79,83-84H,3-11,13,15-17,19-44,46-68,70-72,74-77H2,1-2H3,(H,82,85)/b14-12-,45-18-,73-69+. The molecule has 514 valence electrons. The number of carbonyl (C=O) groups is 2. The van der Waals surface area contributed by atoms with Crippen molar-refractivity contribution in [2.75, 3.05) is 13.2 Å². The molecule has 6 heteroatoms. The van der Waals surface area contributed by atoms with Gasteiger partial charge in [-0.05, 0) is 64.2 Å². The number of esters is 1. The van der Waals surface area contributed by atoms with E-state index in [4.69, 9.17) is 4.74 Å². The van der Waals surface area contributed by atoms with Gasteiger partial charge in [0.05, 0.1) is 25.4 Å². The second kappa shape index (κ2) is 76.5. The van der Waals surface area contributed by atoms with Crippen molar-refractivity contribution in [2.45, 2.75) is 456 Å². The molecule has 87 heavy (non-hydrogen) atoms. The Bertz CT molecular complexity index is 1410. The molecular formula is C81H155NO5. The van der Waals surface area contributed by atoms with Crippen molar-refractivity contribution in [1.29, 1.82) is 0 Å². The first-order chi connectivity index (χ1) is 43.0. The first kappa shape index (κ1) is 85.1. The predicted octanol–water partition coefficient (Wildman–Crippen LogP) is 26.2. The van der Waals surface area contributed by atoms with E-state index in [-0.39, 0.29) is 18.5 Å². The molecule has 0 aromatic carbocycles. The molecule has 0 aliphatic heterocycles. The van der Waals surface area contributed by atoms with Gasteiger partial charge < -0.3 is 20.3 Å². The summed E-state index contributed by atoms with van der Waals surface area (Å²) in [5.41, 5.74) is 0. The average Bonchev–Trinajstić information content (AvgIpc) is 3.53. The van der Waals surface area contributed by atoms with Crippen molar-refractivity contribution in [3.05, 3.63) is 36.5 Å². The topological polar surface area (TPSA) is 95.9 Å². The summed E-state index contributed by atoms with van der Waals surface area (Å²) in [4.78, 5) is 24.6. The average molecular weight is 1220 g/mol. The molecule has 0 bridgehead atoms. The summed E-state index contributed by atoms with van der Waals surface area (Å²) in [5, 5.41) is 23.3. The molecule has 0 aliphatic carbocycles. The fourth-order valence-corrected chi connectivity index (χ4v) is 12.6. The number of rotatable bonds is 75. The van der Waals surface area contributed by atoms with Crippen LogP contribution in [0.4, 0.5) is 0 Å². The Kier molecular flexibility index (Phi) is 74.8. The smallest absolute Gasteiger partial charge is 0.305 e. The Hall–Kier alpha value is -1.92. The van der Waals surface area contributed by atoms with E-state index in [2.05, 4.69) is 43.5 Å². The number of aliphatic hydroxyl groups excluding tert-OH is 2. The van der Waals surface area contributed by atoms with Crippen LogP contribution in [-0.4, -0.2) is 47.4 Å². The summed E-state index contributed by atoms with van der Waals surface area (Å²) in [6.45, 7) is 4.92. The van der Waals surface area contributed by atoms with Gasteiger partial charge in [0.15, 0.2) is 0 Å². The minimum Gasteiger partial charge on any atom is -0.466 e. The molecule has 3 N–H and O–H groups in total. The summed E-state index contributed by atoms with van der Waals surface area (Å²) in [6, 6.07) is -0.626. The highest BCUT2D eigenvalue weighted by atomic mass is 16.5. The van der Waals surface area contributed by atoms with Gasteiger partial charge >= 0.3 is 5.97 Å². The maximum absolute atomic E-state index is 12.6. The molecular weight excluding hydrogens is 1070 g/mol. The summed E-state index contributed by atoms with van der Waals surface area (Å²) in [6.07, 6.45) is 99.8. The van der Waals surface area contributed by atoms with Crippen molar-refractivity contribution in [2.24, 2.45) is 0 Å². The van der Waals surface area contributed by atoms with Crippen LogP contribution in [0.25, 0.3) is 0 Å². The summed E-state index contributed by atoms with van der Waals surface area (Å²) in [5.74, 6) is -0.0511. The molecule has 0 saturated carbocycles. The van der Waals surface area contributed by atoms with Crippen LogP contribution >= 0.6 is 0 Å². The number of aliphatic hydroxyl groups is 2. The molecule has 0 spiro atoms. The molecule has 0 aromatic heterocycles. The van der Waals surface area contributed by atoms with Crippen LogP contribution in [0.5, 0.6) is 0 Å². The molecule has 0 rings (SSSR count). The maximum atomic E-state index is 12.6. The van der Waals surface area contributed by atoms with Gasteiger partial charge in [-0.1, -0.05) is 403 Å². The van der Waals surface area contributed by atoms with Crippen LogP contribution in [0.2, 0.25) is 0 Å². The van der Waals surface area contributed by atoms with Crippen LogP contribution in [0.15, 0.2) is 36.5 Å². The first-order valence-electron chi connectivity index (χ1n) is 39.8. The summed E-state index contributed by atoms with van der Waals surface area (Å²) < 4.78 is 5.49. The number of nitrogens with one attached hydrogen (secondary N) is 1. The first-order valence-corrected chi connectivity index (χ1v) is 39.8. The molecule has 0 heterocycles. The highest BCUT2D eigenvalue weighted by Crippen LogP contribution is 2.20. The minimum absolute atomic E-state index is 0.00757. The van der Waals surface area contributed by atoms with Gasteiger partial charge in [0, 0.05) is 12.8 Å². The minimum atomic E-state index is -0.843. The van der Waals surface area contributed by atoms with Gasteiger partial charge in [-0.15, -0.1) is 0 Å². The molecule has 0 aliphatic rings. The van der Waals surface area contributed by atoms with E-state index in [1.54, 1.807) is 6.08 Å². The number of amides is 1. The zero-order valence-corrected chi connectivity index (χ0v) is 59.0. The van der Waals surface area contributed by atoms with Crippen LogP contribution < -0.4 is 5.32 Å². The number of allylic oxidation sites excluding steroid dienone is 5. The third-order valence-electron chi connectivity index (χ3n) is 18.7. The zero-order valence-electron chi connectivity index (χ0n) is 59.0. The van der Waals surface area contributed by atoms with E-state index in [1.807, 2.05) is 6.08 Å². The zero-order chi connectivity index (χ0) is 62.8. The third-order valence-corrected chi connectivity index (χ3v) is 18.7. The summed E-state index contributed by atoms with van der Waals surface area (Å²) >= 11 is 0. The lowest BCUT2D eigenvalue weighted by Gasteiger charge is -2.20. The largest absolute Gasteiger partial charge is 0.466 e. The SMILES string of the molecule is CCCCC/C=C\C/C=C\CCCCCCCC(=O)OCCCCCCCCCCCCCCCCCCCCCCCCCCCCCCCCCCC(=O)NC(CO)C(O)/C=C/CCCCCCCCCCCCCCCCCCCCCCC. The Labute approximate surface area is 544 Å². The van der Waals surface area contributed by atoms with Gasteiger partial charge in [0.2, 0.25) is 5.91 Å². The van der Waals surface area contributed by atoms with Crippen LogP contribution in [-0.2, 0) is 14.3 Å². The van der Waals surface area contributed by atoms with Crippen molar-refractivity contribution in [3.8, 4) is 0 Å². The summed E-state index contributed by atoms with van der Waals surface area (Å²) in [7, 11) is 0. The van der Waals surface area contributed by atoms with Crippen molar-refractivity contribution in [3.63, 3.8) is 0 Å². The molecule has 2 unspecified atom stereocenters. The Balaban J connectivity index is 3.35. The number of ether oxygens (including phenoxy) is 1. The molecule has 0 saturated heterocycles. The van der Waals surface area contributed by atoms with Gasteiger partial charge in [-0.25, -0.2) is 0 Å². The van der Waals surface area contributed by atoms with E-state index < -0.39 is 12.1 Å². The lowest BCUT2D eigenvalue weighted by Crippen LogP contribution is -2.45. The van der Waals surface area contributed by atoms with Crippen molar-refractivity contribution < 1.29 is 24.5 Å². The molecule has 1 amide bonds. The normalized spacial score (nSPS) is 12.6. The van der Waals surface area contributed by atoms with Crippen LogP contribution in [0.3, 0.4) is 0 Å². The van der Waals surface area contributed by atoms with Crippen LogP contribution in [0.1, 0.15) is 444 Å². The van der Waals surface area contributed by atoms with Crippen LogP contribution in [0, 0.1) is 0 Å². The predicted molar refractivity (Wildman–Crippen MR) is 384 cm³/mol. The number of unbranched alkanes of at least 4 members (excludes halogenated alkanes) is 60. The number of carbonyl (C=O) groups excluding carboxylic acids is 2. The van der Waals surface area contributed by atoms with E-state index in [0.717, 1.165) is 51.4 Å². The molecule has 6 nitrogen and oxygen atoms in total.